The second-order valence-electron chi connectivity index (χ2n) is 28.9. The van der Waals surface area contributed by atoms with Gasteiger partial charge in [-0.1, -0.05) is 5.11 Å². The molecule has 7 heterocycles. The molecule has 0 saturated carbocycles. The number of nitrogens with zero attached hydrogens (tertiary/aromatic N) is 10. The molecule has 35 nitrogen and oxygen atoms in total. The van der Waals surface area contributed by atoms with E-state index in [-0.39, 0.29) is 101 Å². The predicted molar refractivity (Wildman–Crippen MR) is 417 cm³/mol. The van der Waals surface area contributed by atoms with Crippen molar-refractivity contribution in [2.45, 2.75) is 123 Å². The van der Waals surface area contributed by atoms with Crippen LogP contribution in [0.1, 0.15) is 104 Å². The number of aliphatic imine (C=N–C) groups is 2. The SMILES string of the molecule is COc1cc2c(cc1OCc1cc(COc3cc4c(cc3OC)C(=O)N3Cc5ccn(C)c5C[C@H]3C=N4)cc(C[N+](C)(C)Cc3ccc(OS(=O)(=O)Oc4cc(C(=O)NCCOCCOCCOCCN=[N+]=[N-])ccc4OC4O[C@H](COC(C)=O)[C@H](OC(C)=O)[C@H](OC(C)=O)[C@H]4OC(C)=O)cc3)c1)N=C[C@@H]1Cc3c(ccn3C)CN1C2=O. The summed E-state index contributed by atoms with van der Waals surface area (Å²) in [5.41, 5.74) is 17.5. The molecular formula is C81H92N11O24S+. The maximum Gasteiger partial charge on any atom is 0.501 e. The minimum Gasteiger partial charge on any atom is -0.493 e. The van der Waals surface area contributed by atoms with Crippen LogP contribution in [-0.2, 0) is 134 Å². The number of benzene rings is 5. The Balaban J connectivity index is 0.773. The normalized spacial score (nSPS) is 18.5. The van der Waals surface area contributed by atoms with Crippen LogP contribution in [0.15, 0.2) is 125 Å². The van der Waals surface area contributed by atoms with E-state index in [1.165, 1.54) is 32.4 Å². The van der Waals surface area contributed by atoms with Gasteiger partial charge in [-0.25, -0.2) is 0 Å². The van der Waals surface area contributed by atoms with Gasteiger partial charge in [0.15, 0.2) is 46.7 Å². The molecule has 3 amide bonds. The number of methoxy groups -OCH3 is 2. The molecule has 5 aliphatic heterocycles. The van der Waals surface area contributed by atoms with Crippen molar-refractivity contribution in [1.29, 1.82) is 0 Å². The van der Waals surface area contributed by atoms with E-state index >= 15 is 0 Å². The summed E-state index contributed by atoms with van der Waals surface area (Å²) in [4.78, 5) is 109. The quantitative estimate of drug-likeness (QED) is 0.00736. The number of ether oxygens (including phenoxy) is 13. The largest absolute Gasteiger partial charge is 0.501 e. The van der Waals surface area contributed by atoms with Gasteiger partial charge in [0.25, 0.3) is 17.7 Å². The van der Waals surface area contributed by atoms with Crippen molar-refractivity contribution in [2.75, 3.05) is 87.7 Å². The molecule has 620 valence electrons. The zero-order valence-electron chi connectivity index (χ0n) is 66.3. The molecule has 7 aromatic rings. The Morgan fingerprint density at radius 2 is 1.11 bits per heavy atom. The van der Waals surface area contributed by atoms with E-state index in [2.05, 4.69) is 24.5 Å². The number of azide groups is 1. The number of quaternary nitrogens is 1. The second kappa shape index (κ2) is 37.7. The molecule has 1 saturated heterocycles. The number of rotatable bonds is 36. The summed E-state index contributed by atoms with van der Waals surface area (Å²) in [6.07, 6.45) is 0.489. The van der Waals surface area contributed by atoms with Crippen LogP contribution >= 0.6 is 0 Å². The van der Waals surface area contributed by atoms with Crippen molar-refractivity contribution in [3.63, 3.8) is 0 Å². The van der Waals surface area contributed by atoms with E-state index in [9.17, 15) is 42.0 Å². The average molecular weight is 1640 g/mol. The van der Waals surface area contributed by atoms with Crippen LogP contribution < -0.4 is 37.4 Å². The first-order valence-electron chi connectivity index (χ1n) is 37.6. The zero-order chi connectivity index (χ0) is 83.2. The first-order chi connectivity index (χ1) is 56.1. The smallest absolute Gasteiger partial charge is 0.493 e. The fourth-order valence-electron chi connectivity index (χ4n) is 14.4. The monoisotopic (exact) mass is 1630 g/mol. The predicted octanol–water partition coefficient (Wildman–Crippen LogP) is 8.14. The fraction of sp³-hybridized carbons (Fsp3) is 0.420. The summed E-state index contributed by atoms with van der Waals surface area (Å²) >= 11 is 0. The van der Waals surface area contributed by atoms with Crippen LogP contribution in [0.4, 0.5) is 11.4 Å². The highest BCUT2D eigenvalue weighted by Gasteiger charge is 2.54. The molecule has 0 aliphatic carbocycles. The molecule has 12 rings (SSSR count). The maximum absolute atomic E-state index is 14.3. The number of esters is 4. The van der Waals surface area contributed by atoms with E-state index in [1.807, 2.05) is 93.1 Å². The third-order valence-corrected chi connectivity index (χ3v) is 20.5. The Morgan fingerprint density at radius 1 is 0.590 bits per heavy atom. The van der Waals surface area contributed by atoms with Crippen molar-refractivity contribution >= 4 is 75.8 Å². The Bertz CT molecular complexity index is 4930. The average Bonchev–Trinajstić information content (AvgIpc) is 1.62. The van der Waals surface area contributed by atoms with Crippen molar-refractivity contribution < 1.29 is 116 Å². The molecule has 7 atom stereocenters. The number of carbonyl (C=O) groups excluding carboxylic acids is 7. The van der Waals surface area contributed by atoms with Gasteiger partial charge in [0.2, 0.25) is 12.4 Å². The number of amides is 3. The van der Waals surface area contributed by atoms with Gasteiger partial charge in [0.1, 0.15) is 44.8 Å². The Labute approximate surface area is 674 Å². The lowest BCUT2D eigenvalue weighted by Gasteiger charge is -2.43. The number of hydrogen-bond acceptors (Lipinski definition) is 27. The highest BCUT2D eigenvalue weighted by molar-refractivity contribution is 7.82. The van der Waals surface area contributed by atoms with Crippen LogP contribution in [-0.4, -0.2) is 216 Å². The number of nitrogens with one attached hydrogen (secondary N) is 1. The number of carbonyl (C=O) groups is 7. The summed E-state index contributed by atoms with van der Waals surface area (Å²) in [5, 5.41) is 6.07. The van der Waals surface area contributed by atoms with Crippen molar-refractivity contribution in [1.82, 2.24) is 24.3 Å². The zero-order valence-corrected chi connectivity index (χ0v) is 67.1. The molecule has 0 spiro atoms. The minimum absolute atomic E-state index is 0.0217. The summed E-state index contributed by atoms with van der Waals surface area (Å²) in [5.74, 6) is -4.58. The lowest BCUT2D eigenvalue weighted by Crippen LogP contribution is -2.63. The van der Waals surface area contributed by atoms with Gasteiger partial charge in [0.05, 0.1) is 103 Å². The van der Waals surface area contributed by atoms with Gasteiger partial charge in [-0.2, -0.15) is 0 Å². The molecule has 0 radical (unpaired) electrons. The van der Waals surface area contributed by atoms with E-state index in [0.29, 0.717) is 89.0 Å². The Kier molecular flexibility index (Phi) is 27.2. The Morgan fingerprint density at radius 3 is 1.65 bits per heavy atom. The molecule has 117 heavy (non-hydrogen) atoms. The molecule has 1 fully saturated rings. The summed E-state index contributed by atoms with van der Waals surface area (Å²) in [6, 6.07) is 25.9. The van der Waals surface area contributed by atoms with Crippen LogP contribution in [0, 0.1) is 0 Å². The summed E-state index contributed by atoms with van der Waals surface area (Å²) < 4.78 is 120. The highest BCUT2D eigenvalue weighted by Crippen LogP contribution is 2.43. The Hall–Kier alpha value is -12.1. The van der Waals surface area contributed by atoms with E-state index in [0.717, 1.165) is 84.6 Å². The third kappa shape index (κ3) is 21.4. The molecule has 0 bridgehead atoms. The van der Waals surface area contributed by atoms with Gasteiger partial charge >= 0.3 is 34.3 Å². The first kappa shape index (κ1) is 84.4. The lowest BCUT2D eigenvalue weighted by atomic mass is 9.98. The third-order valence-electron chi connectivity index (χ3n) is 19.7. The molecule has 5 aliphatic rings. The highest BCUT2D eigenvalue weighted by atomic mass is 32.3. The van der Waals surface area contributed by atoms with E-state index in [4.69, 9.17) is 85.5 Å². The van der Waals surface area contributed by atoms with Crippen LogP contribution in [0.2, 0.25) is 0 Å². The molecular weight excluding hydrogens is 1540 g/mol. The first-order valence-corrected chi connectivity index (χ1v) is 38.9. The number of fused-ring (bicyclic) bond motifs is 6. The number of aryl methyl sites for hydroxylation is 2. The summed E-state index contributed by atoms with van der Waals surface area (Å²) in [7, 11) is 5.85. The van der Waals surface area contributed by atoms with E-state index < -0.39 is 89.0 Å². The summed E-state index contributed by atoms with van der Waals surface area (Å²) in [6.45, 7) is 6.64. The van der Waals surface area contributed by atoms with Gasteiger partial charge < -0.3 is 98.7 Å². The molecule has 2 aromatic heterocycles. The van der Waals surface area contributed by atoms with Crippen LogP contribution in [0.3, 0.4) is 0 Å². The molecule has 1 N–H and O–H groups in total. The standard InChI is InChI=1S/C81H91N11O24S/c1-48(93)107-47-74-75(110-49(2)94)76(111-50(3)95)77(112-51(4)96)81(114-74)113-68-16-13-56(78(97)83-19-23-104-25-27-106-28-26-105-24-20-86-87-82)32-73(68)116-117(100,101)115-61-14-11-52(12-15-61)43-92(7,8)44-53-29-54(45-108-71-37-64-62(35-69(71)102-9)79(98)90-41-57-17-21-88(5)66(57)33-59(90)39-84-64)31-55(30-53)46-109-72-38-65-63(36-70(72)103-10)80(99)91-42-58-18-22-89(6)67(58)34-60(91)40-85-65/h11-18,21-22,29-32,35-40,59-60,74-77,81H,19-20,23-28,33-34,41-47H2,1-10H3/p+1/t59-,60-,74+,75-,76-,77+,81?/m0/s1. The van der Waals surface area contributed by atoms with Crippen LogP contribution in [0.25, 0.3) is 10.4 Å². The van der Waals surface area contributed by atoms with Gasteiger partial charge in [-0.05, 0) is 113 Å². The van der Waals surface area contributed by atoms with Crippen molar-refractivity contribution in [3.8, 4) is 40.2 Å². The maximum atomic E-state index is 14.3. The van der Waals surface area contributed by atoms with Crippen molar-refractivity contribution in [2.24, 2.45) is 29.2 Å². The fourth-order valence-corrected chi connectivity index (χ4v) is 15.2. The number of aromatic nitrogens is 2. The topological polar surface area (TPSA) is 394 Å². The van der Waals surface area contributed by atoms with Gasteiger partial charge in [0, 0.05) is 151 Å². The molecule has 1 unspecified atom stereocenters. The van der Waals surface area contributed by atoms with Gasteiger partial charge in [-0.3, -0.25) is 43.5 Å². The van der Waals surface area contributed by atoms with Crippen LogP contribution in [0.5, 0.6) is 40.2 Å². The molecule has 5 aromatic carbocycles. The lowest BCUT2D eigenvalue weighted by molar-refractivity contribution is -0.916. The van der Waals surface area contributed by atoms with Crippen molar-refractivity contribution in [3.05, 3.63) is 181 Å². The van der Waals surface area contributed by atoms with E-state index in [1.54, 1.807) is 36.4 Å². The van der Waals surface area contributed by atoms with Gasteiger partial charge in [-0.15, -0.1) is 8.42 Å². The minimum atomic E-state index is -5.20. The molecule has 36 heteroatoms. The second-order valence-corrected chi connectivity index (χ2v) is 30.1. The number of hydrogen-bond donors (Lipinski definition) is 1.